The molecule has 2 heteroatoms. The van der Waals surface area contributed by atoms with Crippen molar-refractivity contribution in [3.63, 3.8) is 0 Å². The molecule has 2 saturated carbocycles. The summed E-state index contributed by atoms with van der Waals surface area (Å²) in [5.74, 6) is 2.81. The molecule has 2 N–H and O–H groups in total. The highest BCUT2D eigenvalue weighted by atomic mass is 16.3. The van der Waals surface area contributed by atoms with Crippen LogP contribution in [-0.4, -0.2) is 23.4 Å². The molecule has 0 amide bonds. The van der Waals surface area contributed by atoms with Crippen molar-refractivity contribution in [1.29, 1.82) is 0 Å². The molecular weight excluding hydrogens is 236 g/mol. The molecular formula is C17H32O2. The summed E-state index contributed by atoms with van der Waals surface area (Å²) in [6, 6.07) is 0. The van der Waals surface area contributed by atoms with Gasteiger partial charge in [-0.2, -0.15) is 0 Å². The molecule has 0 bridgehead atoms. The Hall–Kier alpha value is -0.0800. The Morgan fingerprint density at radius 3 is 1.26 bits per heavy atom. The summed E-state index contributed by atoms with van der Waals surface area (Å²) in [6.07, 6.45) is 10.1. The van der Waals surface area contributed by atoms with Gasteiger partial charge in [0.2, 0.25) is 0 Å². The molecule has 0 heterocycles. The normalized spacial score (nSPS) is 37.3. The van der Waals surface area contributed by atoms with E-state index in [9.17, 15) is 10.2 Å². The topological polar surface area (TPSA) is 40.5 Å². The molecule has 0 aromatic carbocycles. The second-order valence-electron chi connectivity index (χ2n) is 7.62. The Bertz CT molecular complexity index is 232. The first kappa shape index (κ1) is 15.3. The van der Waals surface area contributed by atoms with Crippen LogP contribution in [0.25, 0.3) is 0 Å². The number of rotatable bonds is 4. The summed E-state index contributed by atoms with van der Waals surface area (Å²) in [5, 5.41) is 18.5. The molecule has 0 saturated heterocycles. The molecule has 0 radical (unpaired) electrons. The number of hydrogen-bond acceptors (Lipinski definition) is 2. The Balaban J connectivity index is 1.88. The van der Waals surface area contributed by atoms with Crippen LogP contribution in [0.2, 0.25) is 0 Å². The highest BCUT2D eigenvalue weighted by molar-refractivity contribution is 4.90. The van der Waals surface area contributed by atoms with E-state index in [4.69, 9.17) is 0 Å². The van der Waals surface area contributed by atoms with Gasteiger partial charge in [0.1, 0.15) is 0 Å². The number of aliphatic hydroxyl groups excluding tert-OH is 2. The van der Waals surface area contributed by atoms with Crippen LogP contribution in [0.3, 0.4) is 0 Å². The van der Waals surface area contributed by atoms with Gasteiger partial charge >= 0.3 is 0 Å². The van der Waals surface area contributed by atoms with Crippen LogP contribution in [0.5, 0.6) is 0 Å². The molecule has 2 aliphatic rings. The fraction of sp³-hybridized carbons (Fsp3) is 1.00. The van der Waals surface area contributed by atoms with Gasteiger partial charge in [-0.1, -0.05) is 13.8 Å². The molecule has 0 spiro atoms. The minimum Gasteiger partial charge on any atom is -0.396 e. The van der Waals surface area contributed by atoms with E-state index in [0.717, 1.165) is 11.8 Å². The largest absolute Gasteiger partial charge is 0.396 e. The second kappa shape index (κ2) is 6.58. The number of aliphatic hydroxyl groups is 2. The van der Waals surface area contributed by atoms with Crippen molar-refractivity contribution in [1.82, 2.24) is 0 Å². The van der Waals surface area contributed by atoms with E-state index >= 15 is 0 Å². The van der Waals surface area contributed by atoms with Gasteiger partial charge in [-0.25, -0.2) is 0 Å². The van der Waals surface area contributed by atoms with E-state index in [-0.39, 0.29) is 0 Å². The van der Waals surface area contributed by atoms with Gasteiger partial charge < -0.3 is 10.2 Å². The van der Waals surface area contributed by atoms with Crippen molar-refractivity contribution < 1.29 is 10.2 Å². The predicted molar refractivity (Wildman–Crippen MR) is 78.8 cm³/mol. The van der Waals surface area contributed by atoms with Gasteiger partial charge in [0.15, 0.2) is 0 Å². The van der Waals surface area contributed by atoms with Crippen molar-refractivity contribution in [3.8, 4) is 0 Å². The van der Waals surface area contributed by atoms with Gasteiger partial charge in [0.25, 0.3) is 0 Å². The molecule has 0 aliphatic heterocycles. The average Bonchev–Trinajstić information content (AvgIpc) is 2.47. The minimum absolute atomic E-state index is 0.384. The molecule has 2 rings (SSSR count). The fourth-order valence-corrected chi connectivity index (χ4v) is 4.51. The van der Waals surface area contributed by atoms with Crippen LogP contribution >= 0.6 is 0 Å². The SMILES string of the molecule is CC(C)(C1CCC(CO)CC1)C1CCC(CO)CC1. The quantitative estimate of drug-likeness (QED) is 0.817. The van der Waals surface area contributed by atoms with E-state index < -0.39 is 0 Å². The Labute approximate surface area is 118 Å². The van der Waals surface area contributed by atoms with E-state index in [1.807, 2.05) is 0 Å². The molecule has 19 heavy (non-hydrogen) atoms. The smallest absolute Gasteiger partial charge is 0.0459 e. The summed E-state index contributed by atoms with van der Waals surface area (Å²) in [4.78, 5) is 0. The summed E-state index contributed by atoms with van der Waals surface area (Å²) < 4.78 is 0. The molecule has 112 valence electrons. The highest BCUT2D eigenvalue weighted by Crippen LogP contribution is 2.49. The Kier molecular flexibility index (Phi) is 5.30. The van der Waals surface area contributed by atoms with Crippen LogP contribution in [0.4, 0.5) is 0 Å². The number of hydrogen-bond donors (Lipinski definition) is 2. The zero-order valence-electron chi connectivity index (χ0n) is 12.8. The lowest BCUT2D eigenvalue weighted by Gasteiger charge is -2.46. The van der Waals surface area contributed by atoms with Crippen LogP contribution in [-0.2, 0) is 0 Å². The maximum Gasteiger partial charge on any atom is 0.0459 e. The van der Waals surface area contributed by atoms with E-state index in [2.05, 4.69) is 13.8 Å². The van der Waals surface area contributed by atoms with Crippen molar-refractivity contribution >= 4 is 0 Å². The predicted octanol–water partition coefficient (Wildman–Crippen LogP) is 3.61. The van der Waals surface area contributed by atoms with E-state index in [0.29, 0.717) is 30.5 Å². The molecule has 2 nitrogen and oxygen atoms in total. The molecule has 0 aromatic heterocycles. The van der Waals surface area contributed by atoms with Crippen LogP contribution < -0.4 is 0 Å². The Morgan fingerprint density at radius 2 is 1.00 bits per heavy atom. The van der Waals surface area contributed by atoms with Crippen LogP contribution in [0, 0.1) is 29.1 Å². The molecule has 0 unspecified atom stereocenters. The molecule has 2 aliphatic carbocycles. The highest BCUT2D eigenvalue weighted by Gasteiger charge is 2.40. The zero-order chi connectivity index (χ0) is 13.9. The summed E-state index contributed by atoms with van der Waals surface area (Å²) in [6.45, 7) is 5.71. The summed E-state index contributed by atoms with van der Waals surface area (Å²) in [5.41, 5.74) is 0.445. The molecule has 0 atom stereocenters. The summed E-state index contributed by atoms with van der Waals surface area (Å²) in [7, 11) is 0. The first-order chi connectivity index (χ1) is 9.07. The lowest BCUT2D eigenvalue weighted by Crippen LogP contribution is -2.37. The molecule has 0 aromatic rings. The van der Waals surface area contributed by atoms with Crippen molar-refractivity contribution in [2.24, 2.45) is 29.1 Å². The Morgan fingerprint density at radius 1 is 0.684 bits per heavy atom. The monoisotopic (exact) mass is 268 g/mol. The minimum atomic E-state index is 0.384. The zero-order valence-corrected chi connectivity index (χ0v) is 12.8. The van der Waals surface area contributed by atoms with Gasteiger partial charge in [-0.3, -0.25) is 0 Å². The van der Waals surface area contributed by atoms with E-state index in [1.54, 1.807) is 0 Å². The second-order valence-corrected chi connectivity index (χ2v) is 7.62. The molecule has 2 fully saturated rings. The van der Waals surface area contributed by atoms with Crippen molar-refractivity contribution in [2.75, 3.05) is 13.2 Å². The lowest BCUT2D eigenvalue weighted by molar-refractivity contribution is 0.0256. The van der Waals surface area contributed by atoms with Crippen LogP contribution in [0.1, 0.15) is 65.2 Å². The first-order valence-electron chi connectivity index (χ1n) is 8.29. The van der Waals surface area contributed by atoms with E-state index in [1.165, 1.54) is 51.4 Å². The van der Waals surface area contributed by atoms with Gasteiger partial charge in [0.05, 0.1) is 0 Å². The third kappa shape index (κ3) is 3.52. The average molecular weight is 268 g/mol. The van der Waals surface area contributed by atoms with Gasteiger partial charge in [-0.15, -0.1) is 0 Å². The maximum absolute atomic E-state index is 9.26. The van der Waals surface area contributed by atoms with Crippen molar-refractivity contribution in [3.05, 3.63) is 0 Å². The van der Waals surface area contributed by atoms with Gasteiger partial charge in [-0.05, 0) is 80.5 Å². The van der Waals surface area contributed by atoms with Crippen LogP contribution in [0.15, 0.2) is 0 Å². The standard InChI is InChI=1S/C17H32O2/c1-17(2,15-7-3-13(11-18)4-8-15)16-9-5-14(12-19)6-10-16/h13-16,18-19H,3-12H2,1-2H3. The summed E-state index contributed by atoms with van der Waals surface area (Å²) >= 11 is 0. The fourth-order valence-electron chi connectivity index (χ4n) is 4.51. The third-order valence-electron chi connectivity index (χ3n) is 6.31. The first-order valence-corrected chi connectivity index (χ1v) is 8.29. The third-order valence-corrected chi connectivity index (χ3v) is 6.31. The van der Waals surface area contributed by atoms with Gasteiger partial charge in [0, 0.05) is 13.2 Å². The maximum atomic E-state index is 9.26. The van der Waals surface area contributed by atoms with Crippen molar-refractivity contribution in [2.45, 2.75) is 65.2 Å². The lowest BCUT2D eigenvalue weighted by atomic mass is 9.59.